The zero-order chi connectivity index (χ0) is 19.9. The van der Waals surface area contributed by atoms with Crippen molar-refractivity contribution in [3.63, 3.8) is 0 Å². The van der Waals surface area contributed by atoms with Crippen molar-refractivity contribution in [2.45, 2.75) is 25.9 Å². The summed E-state index contributed by atoms with van der Waals surface area (Å²) in [6.45, 7) is 5.33. The van der Waals surface area contributed by atoms with Crippen molar-refractivity contribution >= 4 is 17.6 Å². The van der Waals surface area contributed by atoms with Gasteiger partial charge in [0.2, 0.25) is 0 Å². The molecule has 7 nitrogen and oxygen atoms in total. The fraction of sp³-hybridized carbons (Fsp3) is 0.474. The van der Waals surface area contributed by atoms with Gasteiger partial charge in [0.1, 0.15) is 11.4 Å². The molecular weight excluding hydrogens is 366 g/mol. The first-order valence-electron chi connectivity index (χ1n) is 8.92. The third kappa shape index (κ3) is 6.15. The van der Waals surface area contributed by atoms with Crippen LogP contribution in [0.2, 0.25) is 5.02 Å². The van der Waals surface area contributed by atoms with E-state index in [0.29, 0.717) is 17.5 Å². The van der Waals surface area contributed by atoms with Crippen LogP contribution in [-0.2, 0) is 19.1 Å². The van der Waals surface area contributed by atoms with Crippen molar-refractivity contribution in [3.8, 4) is 5.75 Å². The van der Waals surface area contributed by atoms with Crippen molar-refractivity contribution < 1.29 is 9.84 Å². The summed E-state index contributed by atoms with van der Waals surface area (Å²) >= 11 is 6.28. The monoisotopic (exact) mass is 393 g/mol. The Hall–Kier alpha value is -2.25. The third-order valence-electron chi connectivity index (χ3n) is 4.16. The smallest absolute Gasteiger partial charge is 0.191 e. The summed E-state index contributed by atoms with van der Waals surface area (Å²) < 4.78 is 6.83. The molecule has 2 aromatic rings. The SMILES string of the molecule is CCNC(=NCC(C)(O)c1cnn(C)c1)NCCc1ccc(OC)cc1Cl. The lowest BCUT2D eigenvalue weighted by atomic mass is 10.0. The molecule has 0 radical (unpaired) electrons. The molecular formula is C19H28ClN5O2. The highest BCUT2D eigenvalue weighted by atomic mass is 35.5. The van der Waals surface area contributed by atoms with Gasteiger partial charge < -0.3 is 20.5 Å². The van der Waals surface area contributed by atoms with E-state index in [4.69, 9.17) is 16.3 Å². The van der Waals surface area contributed by atoms with Gasteiger partial charge in [-0.05, 0) is 38.0 Å². The van der Waals surface area contributed by atoms with E-state index < -0.39 is 5.60 Å². The number of aryl methyl sites for hydroxylation is 1. The van der Waals surface area contributed by atoms with E-state index >= 15 is 0 Å². The number of nitrogens with zero attached hydrogens (tertiary/aromatic N) is 3. The third-order valence-corrected chi connectivity index (χ3v) is 4.51. The number of halogens is 1. The lowest BCUT2D eigenvalue weighted by molar-refractivity contribution is 0.0672. The maximum Gasteiger partial charge on any atom is 0.191 e. The van der Waals surface area contributed by atoms with Crippen LogP contribution in [0, 0.1) is 0 Å². The molecule has 0 amide bonds. The summed E-state index contributed by atoms with van der Waals surface area (Å²) in [5, 5.41) is 21.9. The highest BCUT2D eigenvalue weighted by Crippen LogP contribution is 2.22. The molecule has 1 heterocycles. The van der Waals surface area contributed by atoms with Crippen LogP contribution in [0.15, 0.2) is 35.6 Å². The number of ether oxygens (including phenoxy) is 1. The van der Waals surface area contributed by atoms with Gasteiger partial charge in [0.15, 0.2) is 5.96 Å². The molecule has 0 spiro atoms. The van der Waals surface area contributed by atoms with Gasteiger partial charge in [-0.15, -0.1) is 0 Å². The second-order valence-electron chi connectivity index (χ2n) is 6.51. The summed E-state index contributed by atoms with van der Waals surface area (Å²) in [4.78, 5) is 4.51. The average molecular weight is 394 g/mol. The number of rotatable bonds is 8. The van der Waals surface area contributed by atoms with E-state index in [1.165, 1.54) is 0 Å². The standard InChI is InChI=1S/C19H28ClN5O2/c1-5-21-18(23-13-19(2,26)15-11-24-25(3)12-15)22-9-8-14-6-7-16(27-4)10-17(14)20/h6-7,10-12,26H,5,8-9,13H2,1-4H3,(H2,21,22,23). The molecule has 0 saturated heterocycles. The van der Waals surface area contributed by atoms with Crippen molar-refractivity contribution in [1.82, 2.24) is 20.4 Å². The Morgan fingerprint density at radius 2 is 2.19 bits per heavy atom. The van der Waals surface area contributed by atoms with E-state index in [9.17, 15) is 5.11 Å². The molecule has 0 saturated carbocycles. The number of methoxy groups -OCH3 is 1. The fourth-order valence-electron chi connectivity index (χ4n) is 2.54. The average Bonchev–Trinajstić information content (AvgIpc) is 3.08. The van der Waals surface area contributed by atoms with E-state index in [1.807, 2.05) is 26.1 Å². The summed E-state index contributed by atoms with van der Waals surface area (Å²) in [7, 11) is 3.44. The lowest BCUT2D eigenvalue weighted by Gasteiger charge is -2.20. The first-order chi connectivity index (χ1) is 12.9. The van der Waals surface area contributed by atoms with Crippen LogP contribution in [0.3, 0.4) is 0 Å². The van der Waals surface area contributed by atoms with Gasteiger partial charge in [-0.1, -0.05) is 17.7 Å². The topological polar surface area (TPSA) is 83.7 Å². The molecule has 27 heavy (non-hydrogen) atoms. The molecule has 0 aliphatic heterocycles. The Labute approximate surface area is 165 Å². The number of guanidine groups is 1. The van der Waals surface area contributed by atoms with Crippen molar-refractivity contribution in [1.29, 1.82) is 0 Å². The van der Waals surface area contributed by atoms with Gasteiger partial charge in [-0.25, -0.2) is 4.99 Å². The Bertz CT molecular complexity index is 773. The number of benzene rings is 1. The summed E-state index contributed by atoms with van der Waals surface area (Å²) in [5.41, 5.74) is 0.674. The van der Waals surface area contributed by atoms with E-state index in [1.54, 1.807) is 37.2 Å². The number of hydrogen-bond acceptors (Lipinski definition) is 4. The maximum absolute atomic E-state index is 10.7. The molecule has 8 heteroatoms. The predicted octanol–water partition coefficient (Wildman–Crippen LogP) is 2.09. The maximum atomic E-state index is 10.7. The van der Waals surface area contributed by atoms with Crippen molar-refractivity contribution in [2.24, 2.45) is 12.0 Å². The summed E-state index contributed by atoms with van der Waals surface area (Å²) in [6, 6.07) is 5.66. The molecule has 1 atom stereocenters. The second kappa shape index (κ2) is 9.62. The summed E-state index contributed by atoms with van der Waals surface area (Å²) in [5.74, 6) is 1.38. The molecule has 0 fully saturated rings. The molecule has 2 rings (SSSR count). The molecule has 0 aliphatic carbocycles. The van der Waals surface area contributed by atoms with Gasteiger partial charge in [0, 0.05) is 36.9 Å². The predicted molar refractivity (Wildman–Crippen MR) is 108 cm³/mol. The number of aromatic nitrogens is 2. The van der Waals surface area contributed by atoms with Crippen LogP contribution in [0.1, 0.15) is 25.0 Å². The fourth-order valence-corrected chi connectivity index (χ4v) is 2.80. The molecule has 0 bridgehead atoms. The quantitative estimate of drug-likeness (QED) is 0.472. The Morgan fingerprint density at radius 1 is 1.41 bits per heavy atom. The van der Waals surface area contributed by atoms with Gasteiger partial charge in [-0.2, -0.15) is 5.10 Å². The first-order valence-corrected chi connectivity index (χ1v) is 9.29. The van der Waals surface area contributed by atoms with Gasteiger partial charge in [0.05, 0.1) is 19.9 Å². The molecule has 1 unspecified atom stereocenters. The lowest BCUT2D eigenvalue weighted by Crippen LogP contribution is -2.39. The van der Waals surface area contributed by atoms with E-state index in [-0.39, 0.29) is 6.54 Å². The number of hydrogen-bond donors (Lipinski definition) is 3. The second-order valence-corrected chi connectivity index (χ2v) is 6.91. The molecule has 1 aromatic heterocycles. The summed E-state index contributed by atoms with van der Waals surface area (Å²) in [6.07, 6.45) is 4.19. The highest BCUT2D eigenvalue weighted by Gasteiger charge is 2.24. The Morgan fingerprint density at radius 3 is 2.78 bits per heavy atom. The molecule has 0 aliphatic rings. The van der Waals surface area contributed by atoms with E-state index in [0.717, 1.165) is 29.8 Å². The van der Waals surface area contributed by atoms with Gasteiger partial charge >= 0.3 is 0 Å². The zero-order valence-electron chi connectivity index (χ0n) is 16.3. The van der Waals surface area contributed by atoms with Crippen LogP contribution in [0.25, 0.3) is 0 Å². The Kier molecular flexibility index (Phi) is 7.50. The number of nitrogens with one attached hydrogen (secondary N) is 2. The highest BCUT2D eigenvalue weighted by molar-refractivity contribution is 6.31. The number of aliphatic imine (C=N–C) groups is 1. The van der Waals surface area contributed by atoms with E-state index in [2.05, 4.69) is 20.7 Å². The van der Waals surface area contributed by atoms with Crippen LogP contribution in [-0.4, -0.2) is 47.6 Å². The number of aliphatic hydroxyl groups is 1. The minimum absolute atomic E-state index is 0.220. The first kappa shape index (κ1) is 21.1. The Balaban J connectivity index is 1.95. The zero-order valence-corrected chi connectivity index (χ0v) is 17.0. The normalized spacial score (nSPS) is 13.9. The largest absolute Gasteiger partial charge is 0.497 e. The molecule has 1 aromatic carbocycles. The van der Waals surface area contributed by atoms with Crippen LogP contribution in [0.5, 0.6) is 5.75 Å². The van der Waals surface area contributed by atoms with Crippen molar-refractivity contribution in [3.05, 3.63) is 46.7 Å². The van der Waals surface area contributed by atoms with Crippen LogP contribution >= 0.6 is 11.6 Å². The van der Waals surface area contributed by atoms with Gasteiger partial charge in [0.25, 0.3) is 0 Å². The molecule has 148 valence electrons. The van der Waals surface area contributed by atoms with Crippen LogP contribution in [0.4, 0.5) is 0 Å². The van der Waals surface area contributed by atoms with Crippen LogP contribution < -0.4 is 15.4 Å². The minimum atomic E-state index is -1.09. The minimum Gasteiger partial charge on any atom is -0.497 e. The van der Waals surface area contributed by atoms with Crippen molar-refractivity contribution in [2.75, 3.05) is 26.7 Å². The molecule has 3 N–H and O–H groups in total. The van der Waals surface area contributed by atoms with Gasteiger partial charge in [-0.3, -0.25) is 4.68 Å².